The molecule has 0 aliphatic carbocycles. The Bertz CT molecular complexity index is 569. The highest BCUT2D eigenvalue weighted by molar-refractivity contribution is 5.64. The number of benzene rings is 1. The van der Waals surface area contributed by atoms with E-state index in [1.54, 1.807) is 6.33 Å². The van der Waals surface area contributed by atoms with Crippen LogP contribution in [0.3, 0.4) is 0 Å². The zero-order valence-electron chi connectivity index (χ0n) is 12.8. The molecule has 2 aromatic rings. The predicted octanol–water partition coefficient (Wildman–Crippen LogP) is 3.75. The van der Waals surface area contributed by atoms with Crippen LogP contribution in [0.5, 0.6) is 5.75 Å². The van der Waals surface area contributed by atoms with Gasteiger partial charge in [-0.15, -0.1) is 0 Å². The quantitative estimate of drug-likeness (QED) is 0.811. The molecule has 2 rings (SSSR count). The third kappa shape index (κ3) is 4.08. The second-order valence-corrected chi connectivity index (χ2v) is 4.71. The fraction of sp³-hybridized carbons (Fsp3) is 0.375. The van der Waals surface area contributed by atoms with E-state index in [9.17, 15) is 0 Å². The standard InChI is InChI=1S/C16H22N4O/c1-4-10-17-15-12(3)16(19-11-18-15)20-13-6-8-14(9-7-13)21-5-2/h6-9,11H,4-5,10H2,1-3H3,(H2,17,18,19,20). The Balaban J connectivity index is 2.11. The van der Waals surface area contributed by atoms with E-state index in [1.807, 2.05) is 38.1 Å². The summed E-state index contributed by atoms with van der Waals surface area (Å²) in [6.45, 7) is 7.68. The Morgan fingerprint density at radius 3 is 2.43 bits per heavy atom. The van der Waals surface area contributed by atoms with Crippen molar-refractivity contribution < 1.29 is 4.74 Å². The third-order valence-electron chi connectivity index (χ3n) is 3.05. The van der Waals surface area contributed by atoms with Gasteiger partial charge in [0.05, 0.1) is 6.61 Å². The highest BCUT2D eigenvalue weighted by Gasteiger charge is 2.06. The molecule has 0 radical (unpaired) electrons. The molecule has 0 spiro atoms. The molecule has 1 aromatic carbocycles. The highest BCUT2D eigenvalue weighted by atomic mass is 16.5. The molecule has 0 atom stereocenters. The van der Waals surface area contributed by atoms with E-state index in [-0.39, 0.29) is 0 Å². The third-order valence-corrected chi connectivity index (χ3v) is 3.05. The van der Waals surface area contributed by atoms with Crippen LogP contribution in [0.4, 0.5) is 17.3 Å². The molecular formula is C16H22N4O. The molecule has 2 N–H and O–H groups in total. The summed E-state index contributed by atoms with van der Waals surface area (Å²) in [5.74, 6) is 2.56. The second-order valence-electron chi connectivity index (χ2n) is 4.71. The number of anilines is 3. The molecule has 0 fully saturated rings. The molecule has 0 bridgehead atoms. The van der Waals surface area contributed by atoms with Crippen LogP contribution in [0.25, 0.3) is 0 Å². The first-order valence-corrected chi connectivity index (χ1v) is 7.30. The van der Waals surface area contributed by atoms with E-state index in [1.165, 1.54) is 0 Å². The zero-order valence-corrected chi connectivity index (χ0v) is 12.8. The lowest BCUT2D eigenvalue weighted by Crippen LogP contribution is -2.06. The van der Waals surface area contributed by atoms with Crippen LogP contribution in [0, 0.1) is 6.92 Å². The minimum Gasteiger partial charge on any atom is -0.494 e. The Morgan fingerprint density at radius 2 is 1.76 bits per heavy atom. The van der Waals surface area contributed by atoms with E-state index < -0.39 is 0 Å². The van der Waals surface area contributed by atoms with E-state index in [2.05, 4.69) is 27.5 Å². The predicted molar refractivity (Wildman–Crippen MR) is 86.4 cm³/mol. The minimum atomic E-state index is 0.671. The smallest absolute Gasteiger partial charge is 0.138 e. The summed E-state index contributed by atoms with van der Waals surface area (Å²) < 4.78 is 5.43. The van der Waals surface area contributed by atoms with Crippen LogP contribution in [-0.4, -0.2) is 23.1 Å². The van der Waals surface area contributed by atoms with E-state index in [0.29, 0.717) is 6.61 Å². The fourth-order valence-electron chi connectivity index (χ4n) is 1.94. The minimum absolute atomic E-state index is 0.671. The van der Waals surface area contributed by atoms with Crippen molar-refractivity contribution in [1.82, 2.24) is 9.97 Å². The maximum absolute atomic E-state index is 5.43. The molecule has 1 aromatic heterocycles. The zero-order chi connectivity index (χ0) is 15.1. The summed E-state index contributed by atoms with van der Waals surface area (Å²) >= 11 is 0. The molecule has 5 nitrogen and oxygen atoms in total. The lowest BCUT2D eigenvalue weighted by atomic mass is 10.2. The van der Waals surface area contributed by atoms with Gasteiger partial charge in [0.2, 0.25) is 0 Å². The van der Waals surface area contributed by atoms with Gasteiger partial charge < -0.3 is 15.4 Å². The van der Waals surface area contributed by atoms with Gasteiger partial charge >= 0.3 is 0 Å². The summed E-state index contributed by atoms with van der Waals surface area (Å²) in [5, 5.41) is 6.62. The molecular weight excluding hydrogens is 264 g/mol. The Labute approximate surface area is 125 Å². The van der Waals surface area contributed by atoms with Crippen molar-refractivity contribution in [2.75, 3.05) is 23.8 Å². The van der Waals surface area contributed by atoms with Gasteiger partial charge in [-0.25, -0.2) is 9.97 Å². The maximum Gasteiger partial charge on any atom is 0.138 e. The van der Waals surface area contributed by atoms with Crippen LogP contribution in [0.15, 0.2) is 30.6 Å². The molecule has 0 unspecified atom stereocenters. The Kier molecular flexibility index (Phi) is 5.37. The molecule has 5 heteroatoms. The molecule has 0 aliphatic rings. The Morgan fingerprint density at radius 1 is 1.05 bits per heavy atom. The monoisotopic (exact) mass is 286 g/mol. The number of nitrogens with zero attached hydrogens (tertiary/aromatic N) is 2. The van der Waals surface area contributed by atoms with Gasteiger partial charge in [0, 0.05) is 17.8 Å². The second kappa shape index (κ2) is 7.47. The highest BCUT2D eigenvalue weighted by Crippen LogP contribution is 2.23. The first kappa shape index (κ1) is 15.1. The molecule has 0 amide bonds. The van der Waals surface area contributed by atoms with Crippen LogP contribution < -0.4 is 15.4 Å². The van der Waals surface area contributed by atoms with Crippen molar-refractivity contribution in [2.24, 2.45) is 0 Å². The van der Waals surface area contributed by atoms with Crippen molar-refractivity contribution in [1.29, 1.82) is 0 Å². The molecule has 0 aliphatic heterocycles. The summed E-state index contributed by atoms with van der Waals surface area (Å²) in [6, 6.07) is 7.84. The van der Waals surface area contributed by atoms with Crippen molar-refractivity contribution in [3.8, 4) is 5.75 Å². The van der Waals surface area contributed by atoms with Crippen molar-refractivity contribution in [2.45, 2.75) is 27.2 Å². The van der Waals surface area contributed by atoms with Crippen molar-refractivity contribution >= 4 is 17.3 Å². The first-order valence-electron chi connectivity index (χ1n) is 7.30. The van der Waals surface area contributed by atoms with Gasteiger partial charge in [-0.3, -0.25) is 0 Å². The average Bonchev–Trinajstić information content (AvgIpc) is 2.50. The van der Waals surface area contributed by atoms with E-state index >= 15 is 0 Å². The SMILES string of the molecule is CCCNc1ncnc(Nc2ccc(OCC)cc2)c1C. The van der Waals surface area contributed by atoms with Gasteiger partial charge in [-0.2, -0.15) is 0 Å². The largest absolute Gasteiger partial charge is 0.494 e. The summed E-state index contributed by atoms with van der Waals surface area (Å²) in [5.41, 5.74) is 1.99. The lowest BCUT2D eigenvalue weighted by Gasteiger charge is -2.12. The van der Waals surface area contributed by atoms with Crippen molar-refractivity contribution in [3.63, 3.8) is 0 Å². The Hall–Kier alpha value is -2.30. The first-order chi connectivity index (χ1) is 10.2. The molecule has 0 saturated carbocycles. The summed E-state index contributed by atoms with van der Waals surface area (Å²) in [4.78, 5) is 8.58. The van der Waals surface area contributed by atoms with Gasteiger partial charge in [-0.05, 0) is 44.5 Å². The van der Waals surface area contributed by atoms with Gasteiger partial charge in [0.1, 0.15) is 23.7 Å². The number of hydrogen-bond donors (Lipinski definition) is 2. The van der Waals surface area contributed by atoms with Gasteiger partial charge in [-0.1, -0.05) is 6.92 Å². The molecule has 21 heavy (non-hydrogen) atoms. The summed E-state index contributed by atoms with van der Waals surface area (Å²) in [6.07, 6.45) is 2.63. The van der Waals surface area contributed by atoms with E-state index in [0.717, 1.165) is 41.6 Å². The number of nitrogens with one attached hydrogen (secondary N) is 2. The van der Waals surface area contributed by atoms with Crippen LogP contribution in [0.1, 0.15) is 25.8 Å². The van der Waals surface area contributed by atoms with Crippen LogP contribution in [0.2, 0.25) is 0 Å². The fourth-order valence-corrected chi connectivity index (χ4v) is 1.94. The summed E-state index contributed by atoms with van der Waals surface area (Å²) in [7, 11) is 0. The molecule has 112 valence electrons. The van der Waals surface area contributed by atoms with Gasteiger partial charge in [0.25, 0.3) is 0 Å². The normalized spacial score (nSPS) is 10.2. The van der Waals surface area contributed by atoms with E-state index in [4.69, 9.17) is 4.74 Å². The topological polar surface area (TPSA) is 59.1 Å². The molecule has 0 saturated heterocycles. The average molecular weight is 286 g/mol. The molecule has 1 heterocycles. The van der Waals surface area contributed by atoms with Crippen LogP contribution >= 0.6 is 0 Å². The number of ether oxygens (including phenoxy) is 1. The maximum atomic E-state index is 5.43. The number of aromatic nitrogens is 2. The van der Waals surface area contributed by atoms with Gasteiger partial charge in [0.15, 0.2) is 0 Å². The van der Waals surface area contributed by atoms with Crippen molar-refractivity contribution in [3.05, 3.63) is 36.2 Å². The number of rotatable bonds is 7. The van der Waals surface area contributed by atoms with Crippen LogP contribution in [-0.2, 0) is 0 Å². The lowest BCUT2D eigenvalue weighted by molar-refractivity contribution is 0.340. The number of hydrogen-bond acceptors (Lipinski definition) is 5.